The summed E-state index contributed by atoms with van der Waals surface area (Å²) in [5.41, 5.74) is 0.851. The Hall–Kier alpha value is -2.18. The van der Waals surface area contributed by atoms with Crippen molar-refractivity contribution in [2.75, 3.05) is 11.6 Å². The van der Waals surface area contributed by atoms with Crippen molar-refractivity contribution >= 4 is 28.8 Å². The number of imide groups is 1. The minimum absolute atomic E-state index is 0.140. The summed E-state index contributed by atoms with van der Waals surface area (Å²) in [5, 5.41) is 3.70. The highest BCUT2D eigenvalue weighted by Gasteiger charge is 2.59. The topological polar surface area (TPSA) is 49.9 Å². The van der Waals surface area contributed by atoms with Crippen molar-refractivity contribution in [3.05, 3.63) is 52.7 Å². The van der Waals surface area contributed by atoms with E-state index in [1.165, 1.54) is 4.90 Å². The highest BCUT2D eigenvalue weighted by molar-refractivity contribution is 7.10. The maximum atomic E-state index is 12.7. The number of likely N-dealkylation sites (N-methyl/N-ethyl adjacent to an activating group) is 1. The number of amides is 2. The number of nitrogens with zero attached hydrogens (tertiary/aromatic N) is 2. The molecule has 4 rings (SSSR count). The molecule has 2 fully saturated rings. The lowest BCUT2D eigenvalue weighted by atomic mass is 9.95. The minimum Gasteiger partial charge on any atom is -0.280 e. The Labute approximate surface area is 138 Å². The maximum absolute atomic E-state index is 12.7. The summed E-state index contributed by atoms with van der Waals surface area (Å²) < 4.78 is 0. The molecule has 3 atom stereocenters. The van der Waals surface area contributed by atoms with Crippen LogP contribution in [0.15, 0.2) is 47.8 Å². The molecule has 5 nitrogen and oxygen atoms in total. The number of para-hydroxylation sites is 1. The molecule has 2 saturated heterocycles. The van der Waals surface area contributed by atoms with Crippen LogP contribution in [-0.2, 0) is 14.4 Å². The molecule has 1 aromatic heterocycles. The van der Waals surface area contributed by atoms with Crippen LogP contribution in [0.4, 0.5) is 5.69 Å². The fourth-order valence-corrected chi connectivity index (χ4v) is 4.18. The second-order valence-electron chi connectivity index (χ2n) is 5.59. The zero-order chi connectivity index (χ0) is 16.0. The summed E-state index contributed by atoms with van der Waals surface area (Å²) in [6, 6.07) is 13.3. The van der Waals surface area contributed by atoms with Gasteiger partial charge >= 0.3 is 0 Å². The van der Waals surface area contributed by atoms with Crippen molar-refractivity contribution < 1.29 is 14.4 Å². The monoisotopic (exact) mass is 328 g/mol. The molecule has 0 saturated carbocycles. The van der Waals surface area contributed by atoms with Crippen molar-refractivity contribution in [1.29, 1.82) is 0 Å². The molecule has 2 aliphatic heterocycles. The molecule has 0 spiro atoms. The van der Waals surface area contributed by atoms with Gasteiger partial charge in [-0.1, -0.05) is 24.3 Å². The Kier molecular flexibility index (Phi) is 3.43. The summed E-state index contributed by atoms with van der Waals surface area (Å²) >= 11 is 1.58. The number of carbonyl (C=O) groups excluding carboxylic acids is 2. The zero-order valence-corrected chi connectivity index (χ0v) is 13.4. The van der Waals surface area contributed by atoms with E-state index in [0.29, 0.717) is 6.54 Å². The van der Waals surface area contributed by atoms with Crippen LogP contribution in [0.25, 0.3) is 0 Å². The van der Waals surface area contributed by atoms with E-state index < -0.39 is 12.0 Å². The molecule has 118 valence electrons. The van der Waals surface area contributed by atoms with Crippen LogP contribution < -0.4 is 5.06 Å². The molecule has 0 N–H and O–H groups in total. The lowest BCUT2D eigenvalue weighted by Gasteiger charge is -2.27. The summed E-state index contributed by atoms with van der Waals surface area (Å²) in [7, 11) is 0. The summed E-state index contributed by atoms with van der Waals surface area (Å²) in [4.78, 5) is 33.5. The van der Waals surface area contributed by atoms with Gasteiger partial charge in [-0.25, -0.2) is 5.06 Å². The first kappa shape index (κ1) is 14.4. The molecule has 0 bridgehead atoms. The van der Waals surface area contributed by atoms with Crippen molar-refractivity contribution in [2.24, 2.45) is 5.92 Å². The Morgan fingerprint density at radius 2 is 1.87 bits per heavy atom. The Bertz CT molecular complexity index is 732. The first-order valence-corrected chi connectivity index (χ1v) is 8.50. The molecule has 2 aromatic rings. The van der Waals surface area contributed by atoms with Gasteiger partial charge in [0.05, 0.1) is 5.69 Å². The first-order valence-electron chi connectivity index (χ1n) is 7.62. The van der Waals surface area contributed by atoms with Gasteiger partial charge in [0, 0.05) is 11.4 Å². The third-order valence-electron chi connectivity index (χ3n) is 4.37. The molecule has 3 heterocycles. The van der Waals surface area contributed by atoms with Crippen molar-refractivity contribution in [2.45, 2.75) is 19.1 Å². The maximum Gasteiger partial charge on any atom is 0.261 e. The number of hydrogen-bond donors (Lipinski definition) is 0. The SMILES string of the molecule is CCN1C(=O)C2ON(c3ccccc3)C(c3cccs3)C2C1=O. The van der Waals surface area contributed by atoms with Crippen LogP contribution in [-0.4, -0.2) is 29.4 Å². The fourth-order valence-electron chi connectivity index (χ4n) is 3.33. The quantitative estimate of drug-likeness (QED) is 0.813. The van der Waals surface area contributed by atoms with Gasteiger partial charge in [-0.3, -0.25) is 19.3 Å². The molecular weight excluding hydrogens is 312 g/mol. The molecule has 0 aliphatic carbocycles. The van der Waals surface area contributed by atoms with Crippen molar-refractivity contribution in [3.8, 4) is 0 Å². The average Bonchev–Trinajstić information content (AvgIpc) is 3.27. The van der Waals surface area contributed by atoms with Gasteiger partial charge in [0.15, 0.2) is 6.10 Å². The van der Waals surface area contributed by atoms with Crippen molar-refractivity contribution in [3.63, 3.8) is 0 Å². The van der Waals surface area contributed by atoms with E-state index in [1.54, 1.807) is 16.4 Å². The number of anilines is 1. The molecule has 23 heavy (non-hydrogen) atoms. The second-order valence-corrected chi connectivity index (χ2v) is 6.57. The van der Waals surface area contributed by atoms with Crippen LogP contribution in [0.2, 0.25) is 0 Å². The van der Waals surface area contributed by atoms with Crippen molar-refractivity contribution in [1.82, 2.24) is 4.90 Å². The summed E-state index contributed by atoms with van der Waals surface area (Å²) in [5.74, 6) is -0.858. The smallest absolute Gasteiger partial charge is 0.261 e. The predicted molar refractivity (Wildman–Crippen MR) is 86.7 cm³/mol. The Balaban J connectivity index is 1.79. The number of hydrogen-bond acceptors (Lipinski definition) is 5. The Morgan fingerprint density at radius 1 is 1.09 bits per heavy atom. The third kappa shape index (κ3) is 2.09. The highest BCUT2D eigenvalue weighted by Crippen LogP contribution is 2.47. The van der Waals surface area contributed by atoms with E-state index >= 15 is 0 Å². The second kappa shape index (κ2) is 5.47. The molecule has 2 amide bonds. The highest BCUT2D eigenvalue weighted by atomic mass is 32.1. The molecule has 0 radical (unpaired) electrons. The van der Waals surface area contributed by atoms with Crippen LogP contribution in [0.5, 0.6) is 0 Å². The first-order chi connectivity index (χ1) is 11.2. The number of rotatable bonds is 3. The van der Waals surface area contributed by atoms with Gasteiger partial charge in [0.2, 0.25) is 5.91 Å². The molecule has 2 aliphatic rings. The number of carbonyl (C=O) groups is 2. The lowest BCUT2D eigenvalue weighted by molar-refractivity contribution is -0.142. The molecule has 6 heteroatoms. The third-order valence-corrected chi connectivity index (χ3v) is 5.31. The number of thiophene rings is 1. The molecular formula is C17H16N2O3S. The van der Waals surface area contributed by atoms with Gasteiger partial charge in [-0.05, 0) is 30.5 Å². The van der Waals surface area contributed by atoms with Gasteiger partial charge in [-0.2, -0.15) is 0 Å². The normalized spacial score (nSPS) is 26.9. The van der Waals surface area contributed by atoms with Gasteiger partial charge in [0.25, 0.3) is 5.91 Å². The average molecular weight is 328 g/mol. The standard InChI is InChI=1S/C17H16N2O3S/c1-2-18-16(20)13-14(12-9-6-10-23-12)19(22-15(13)17(18)21)11-7-4-3-5-8-11/h3-10,13-15H,2H2,1H3. The van der Waals surface area contributed by atoms with E-state index in [0.717, 1.165) is 10.6 Å². The van der Waals surface area contributed by atoms with E-state index in [2.05, 4.69) is 0 Å². The number of hydroxylamine groups is 1. The fraction of sp³-hybridized carbons (Fsp3) is 0.294. The number of fused-ring (bicyclic) bond motifs is 1. The number of likely N-dealkylation sites (tertiary alicyclic amines) is 1. The lowest BCUT2D eigenvalue weighted by Crippen LogP contribution is -2.36. The van der Waals surface area contributed by atoms with Crippen LogP contribution in [0.3, 0.4) is 0 Å². The van der Waals surface area contributed by atoms with Gasteiger partial charge in [-0.15, -0.1) is 11.3 Å². The van der Waals surface area contributed by atoms with E-state index in [4.69, 9.17) is 4.84 Å². The van der Waals surface area contributed by atoms with E-state index in [1.807, 2.05) is 54.8 Å². The van der Waals surface area contributed by atoms with Crippen LogP contribution >= 0.6 is 11.3 Å². The predicted octanol–water partition coefficient (Wildman–Crippen LogP) is 2.61. The minimum atomic E-state index is -0.727. The Morgan fingerprint density at radius 3 is 2.52 bits per heavy atom. The molecule has 1 aromatic carbocycles. The van der Waals surface area contributed by atoms with E-state index in [-0.39, 0.29) is 17.9 Å². The van der Waals surface area contributed by atoms with Gasteiger partial charge < -0.3 is 0 Å². The largest absolute Gasteiger partial charge is 0.280 e. The van der Waals surface area contributed by atoms with E-state index in [9.17, 15) is 9.59 Å². The van der Waals surface area contributed by atoms with Crippen LogP contribution in [0.1, 0.15) is 17.8 Å². The zero-order valence-electron chi connectivity index (χ0n) is 12.6. The summed E-state index contributed by atoms with van der Waals surface area (Å²) in [6.07, 6.45) is -0.727. The molecule has 3 unspecified atom stereocenters. The summed E-state index contributed by atoms with van der Waals surface area (Å²) in [6.45, 7) is 2.20. The van der Waals surface area contributed by atoms with Gasteiger partial charge in [0.1, 0.15) is 12.0 Å². The van der Waals surface area contributed by atoms with Crippen LogP contribution in [0, 0.1) is 5.92 Å². The number of benzene rings is 1.